The lowest BCUT2D eigenvalue weighted by Crippen LogP contribution is -1.99. The summed E-state index contributed by atoms with van der Waals surface area (Å²) in [5.74, 6) is 0.245. The zero-order valence-electron chi connectivity index (χ0n) is 6.93. The lowest BCUT2D eigenvalue weighted by atomic mass is 10.3. The van der Waals surface area contributed by atoms with Gasteiger partial charge in [0.25, 0.3) is 5.69 Å². The summed E-state index contributed by atoms with van der Waals surface area (Å²) in [7, 11) is 1.40. The molecule has 0 aliphatic carbocycles. The minimum Gasteiger partial charge on any atom is -0.481 e. The summed E-state index contributed by atoms with van der Waals surface area (Å²) >= 11 is 0. The normalized spacial score (nSPS) is 9.69. The van der Waals surface area contributed by atoms with Crippen molar-refractivity contribution in [3.63, 3.8) is 0 Å². The average Bonchev–Trinajstić information content (AvgIpc) is 2.16. The third kappa shape index (κ3) is 1.91. The molecule has 1 rings (SSSR count). The first-order valence-electron chi connectivity index (χ1n) is 3.48. The zero-order chi connectivity index (χ0) is 9.84. The molecule has 70 valence electrons. The van der Waals surface area contributed by atoms with Gasteiger partial charge in [-0.2, -0.15) is 0 Å². The van der Waals surface area contributed by atoms with Crippen molar-refractivity contribution < 1.29 is 14.8 Å². The van der Waals surface area contributed by atoms with Crippen LogP contribution in [-0.2, 0) is 6.61 Å². The van der Waals surface area contributed by atoms with Crippen LogP contribution >= 0.6 is 0 Å². The molecule has 0 fully saturated rings. The van der Waals surface area contributed by atoms with E-state index < -0.39 is 11.5 Å². The predicted octanol–water partition coefficient (Wildman–Crippen LogP) is 0.491. The van der Waals surface area contributed by atoms with Gasteiger partial charge in [-0.3, -0.25) is 10.1 Å². The number of methoxy groups -OCH3 is 1. The summed E-state index contributed by atoms with van der Waals surface area (Å²) in [5.41, 5.74) is -0.201. The topological polar surface area (TPSA) is 85.5 Å². The van der Waals surface area contributed by atoms with E-state index >= 15 is 0 Å². The van der Waals surface area contributed by atoms with Crippen LogP contribution in [-0.4, -0.2) is 22.1 Å². The minimum atomic E-state index is -0.599. The fraction of sp³-hybridized carbons (Fsp3) is 0.286. The van der Waals surface area contributed by atoms with Gasteiger partial charge in [-0.15, -0.1) is 0 Å². The molecule has 0 aromatic carbocycles. The molecule has 1 N–H and O–H groups in total. The van der Waals surface area contributed by atoms with E-state index in [1.54, 1.807) is 0 Å². The van der Waals surface area contributed by atoms with Crippen molar-refractivity contribution in [3.05, 3.63) is 27.9 Å². The summed E-state index contributed by atoms with van der Waals surface area (Å²) in [5, 5.41) is 19.2. The predicted molar refractivity (Wildman–Crippen MR) is 43.4 cm³/mol. The molecular formula is C7H8N2O4. The van der Waals surface area contributed by atoms with Crippen LogP contribution in [0.5, 0.6) is 5.88 Å². The van der Waals surface area contributed by atoms with Crippen LogP contribution in [0.2, 0.25) is 0 Å². The zero-order valence-corrected chi connectivity index (χ0v) is 6.93. The Kier molecular flexibility index (Phi) is 2.76. The van der Waals surface area contributed by atoms with Gasteiger partial charge in [-0.25, -0.2) is 4.98 Å². The van der Waals surface area contributed by atoms with E-state index in [4.69, 9.17) is 9.84 Å². The lowest BCUT2D eigenvalue weighted by Gasteiger charge is -2.01. The molecule has 0 saturated heterocycles. The van der Waals surface area contributed by atoms with Gasteiger partial charge < -0.3 is 9.84 Å². The third-order valence-electron chi connectivity index (χ3n) is 1.48. The van der Waals surface area contributed by atoms with Gasteiger partial charge in [0, 0.05) is 12.1 Å². The van der Waals surface area contributed by atoms with Crippen LogP contribution in [0.3, 0.4) is 0 Å². The fourth-order valence-corrected chi connectivity index (χ4v) is 0.870. The van der Waals surface area contributed by atoms with Crippen LogP contribution in [0, 0.1) is 10.1 Å². The number of aliphatic hydroxyl groups excluding tert-OH is 1. The van der Waals surface area contributed by atoms with Crippen molar-refractivity contribution in [1.29, 1.82) is 0 Å². The number of aromatic nitrogens is 1. The molecule has 0 atom stereocenters. The standard InChI is InChI=1S/C7H8N2O4/c1-13-7-3-2-6(9(11)12)5(4-10)8-7/h2-3,10H,4H2,1H3. The molecule has 0 radical (unpaired) electrons. The Hall–Kier alpha value is -1.69. The molecule has 6 heteroatoms. The third-order valence-corrected chi connectivity index (χ3v) is 1.48. The second-order valence-electron chi connectivity index (χ2n) is 2.23. The van der Waals surface area contributed by atoms with Crippen LogP contribution < -0.4 is 4.74 Å². The Labute approximate surface area is 73.9 Å². The van der Waals surface area contributed by atoms with Gasteiger partial charge in [0.2, 0.25) is 5.88 Å². The first-order chi connectivity index (χ1) is 6.19. The van der Waals surface area contributed by atoms with Gasteiger partial charge in [0.1, 0.15) is 5.69 Å². The van der Waals surface area contributed by atoms with Crippen molar-refractivity contribution in [2.45, 2.75) is 6.61 Å². The van der Waals surface area contributed by atoms with Gasteiger partial charge in [0.05, 0.1) is 18.6 Å². The Bertz CT molecular complexity index is 326. The summed E-state index contributed by atoms with van der Waals surface area (Å²) < 4.78 is 4.75. The van der Waals surface area contributed by atoms with E-state index in [2.05, 4.69) is 4.98 Å². The van der Waals surface area contributed by atoms with Crippen molar-refractivity contribution in [2.24, 2.45) is 0 Å². The molecule has 1 heterocycles. The summed E-state index contributed by atoms with van der Waals surface area (Å²) in [6, 6.07) is 2.62. The van der Waals surface area contributed by atoms with Crippen molar-refractivity contribution in [1.82, 2.24) is 4.98 Å². The largest absolute Gasteiger partial charge is 0.481 e. The molecule has 0 unspecified atom stereocenters. The minimum absolute atomic E-state index is 0.00403. The number of nitrogens with zero attached hydrogens (tertiary/aromatic N) is 2. The monoisotopic (exact) mass is 184 g/mol. The molecule has 13 heavy (non-hydrogen) atoms. The van der Waals surface area contributed by atoms with Crippen LogP contribution in [0.4, 0.5) is 5.69 Å². The number of aliphatic hydroxyl groups is 1. The number of pyridine rings is 1. The highest BCUT2D eigenvalue weighted by atomic mass is 16.6. The van der Waals surface area contributed by atoms with Crippen molar-refractivity contribution >= 4 is 5.69 Å². The summed E-state index contributed by atoms with van der Waals surface area (Å²) in [6.07, 6.45) is 0. The Morgan fingerprint density at radius 3 is 2.85 bits per heavy atom. The van der Waals surface area contributed by atoms with Gasteiger partial charge >= 0.3 is 0 Å². The molecule has 6 nitrogen and oxygen atoms in total. The highest BCUT2D eigenvalue weighted by molar-refractivity contribution is 5.37. The maximum Gasteiger partial charge on any atom is 0.293 e. The van der Waals surface area contributed by atoms with E-state index in [0.717, 1.165) is 0 Å². The molecule has 1 aromatic heterocycles. The summed E-state index contributed by atoms with van der Waals surface area (Å²) in [4.78, 5) is 13.5. The van der Waals surface area contributed by atoms with Crippen LogP contribution in [0.15, 0.2) is 12.1 Å². The molecule has 0 aliphatic heterocycles. The molecular weight excluding hydrogens is 176 g/mol. The maximum atomic E-state index is 10.4. The highest BCUT2D eigenvalue weighted by Gasteiger charge is 2.14. The Balaban J connectivity index is 3.15. The Morgan fingerprint density at radius 2 is 2.38 bits per heavy atom. The quantitative estimate of drug-likeness (QED) is 0.545. The van der Waals surface area contributed by atoms with E-state index in [9.17, 15) is 10.1 Å². The van der Waals surface area contributed by atoms with Crippen LogP contribution in [0.1, 0.15) is 5.69 Å². The number of hydrogen-bond acceptors (Lipinski definition) is 5. The molecule has 0 spiro atoms. The Morgan fingerprint density at radius 1 is 1.69 bits per heavy atom. The summed E-state index contributed by atoms with van der Waals surface area (Å²) in [6.45, 7) is -0.479. The first kappa shape index (κ1) is 9.40. The van der Waals surface area contributed by atoms with E-state index in [0.29, 0.717) is 0 Å². The molecule has 0 saturated carbocycles. The molecule has 0 amide bonds. The maximum absolute atomic E-state index is 10.4. The second kappa shape index (κ2) is 3.81. The molecule has 0 bridgehead atoms. The second-order valence-corrected chi connectivity index (χ2v) is 2.23. The first-order valence-corrected chi connectivity index (χ1v) is 3.48. The van der Waals surface area contributed by atoms with Crippen molar-refractivity contribution in [3.8, 4) is 5.88 Å². The fourth-order valence-electron chi connectivity index (χ4n) is 0.870. The van der Waals surface area contributed by atoms with Crippen LogP contribution in [0.25, 0.3) is 0 Å². The smallest absolute Gasteiger partial charge is 0.293 e. The average molecular weight is 184 g/mol. The number of nitro groups is 1. The van der Waals surface area contributed by atoms with Gasteiger partial charge in [-0.1, -0.05) is 0 Å². The van der Waals surface area contributed by atoms with E-state index in [1.807, 2.05) is 0 Å². The molecule has 0 aliphatic rings. The SMILES string of the molecule is COc1ccc([N+](=O)[O-])c(CO)n1. The van der Waals surface area contributed by atoms with Gasteiger partial charge in [-0.05, 0) is 0 Å². The molecule has 1 aromatic rings. The number of rotatable bonds is 3. The van der Waals surface area contributed by atoms with Gasteiger partial charge in [0.15, 0.2) is 0 Å². The van der Waals surface area contributed by atoms with E-state index in [1.165, 1.54) is 19.2 Å². The number of hydrogen-bond donors (Lipinski definition) is 1. The number of ether oxygens (including phenoxy) is 1. The van der Waals surface area contributed by atoms with Crippen molar-refractivity contribution in [2.75, 3.05) is 7.11 Å². The van der Waals surface area contributed by atoms with E-state index in [-0.39, 0.29) is 17.3 Å². The lowest BCUT2D eigenvalue weighted by molar-refractivity contribution is -0.386. The highest BCUT2D eigenvalue weighted by Crippen LogP contribution is 2.19.